The molecule has 0 saturated heterocycles. The smallest absolute Gasteiger partial charge is 0.150 e. The fourth-order valence-electron chi connectivity index (χ4n) is 3.26. The lowest BCUT2D eigenvalue weighted by Gasteiger charge is -2.14. The third-order valence-corrected chi connectivity index (χ3v) is 4.37. The van der Waals surface area contributed by atoms with Crippen molar-refractivity contribution in [1.29, 1.82) is 0 Å². The van der Waals surface area contributed by atoms with Gasteiger partial charge in [0.05, 0.1) is 0 Å². The van der Waals surface area contributed by atoms with Crippen molar-refractivity contribution in [3.8, 4) is 22.3 Å². The van der Waals surface area contributed by atoms with E-state index in [0.717, 1.165) is 44.9 Å². The molecule has 114 valence electrons. The van der Waals surface area contributed by atoms with Crippen LogP contribution in [-0.2, 0) is 0 Å². The van der Waals surface area contributed by atoms with E-state index >= 15 is 0 Å². The van der Waals surface area contributed by atoms with Crippen LogP contribution in [0.3, 0.4) is 0 Å². The first-order valence-electron chi connectivity index (χ1n) is 8.00. The summed E-state index contributed by atoms with van der Waals surface area (Å²) in [5.74, 6) is 0. The van der Waals surface area contributed by atoms with Crippen molar-refractivity contribution in [2.75, 3.05) is 0 Å². The molecule has 0 amide bonds. The SMILES string of the molecule is O=Cc1ccc2ccccc2c1-c1ccccc1-c1ccccc1. The van der Waals surface area contributed by atoms with Crippen molar-refractivity contribution in [2.24, 2.45) is 0 Å². The second-order valence-corrected chi connectivity index (χ2v) is 5.78. The minimum absolute atomic E-state index is 0.720. The van der Waals surface area contributed by atoms with Crippen LogP contribution in [0.2, 0.25) is 0 Å². The van der Waals surface area contributed by atoms with Gasteiger partial charge in [0.1, 0.15) is 0 Å². The van der Waals surface area contributed by atoms with Gasteiger partial charge in [-0.1, -0.05) is 91.0 Å². The molecule has 0 fully saturated rings. The summed E-state index contributed by atoms with van der Waals surface area (Å²) in [6.07, 6.45) is 0.948. The summed E-state index contributed by atoms with van der Waals surface area (Å²) in [7, 11) is 0. The summed E-state index contributed by atoms with van der Waals surface area (Å²) in [5, 5.41) is 2.24. The largest absolute Gasteiger partial charge is 0.298 e. The quantitative estimate of drug-likeness (QED) is 0.425. The maximum Gasteiger partial charge on any atom is 0.150 e. The molecule has 0 aromatic heterocycles. The van der Waals surface area contributed by atoms with Crippen LogP contribution in [0.15, 0.2) is 91.0 Å². The maximum atomic E-state index is 11.7. The Bertz CT molecular complexity index is 1020. The second-order valence-electron chi connectivity index (χ2n) is 5.78. The normalized spacial score (nSPS) is 10.7. The molecule has 1 heteroatoms. The van der Waals surface area contributed by atoms with Gasteiger partial charge in [0.25, 0.3) is 0 Å². The van der Waals surface area contributed by atoms with E-state index in [1.165, 1.54) is 0 Å². The van der Waals surface area contributed by atoms with Gasteiger partial charge in [-0.15, -0.1) is 0 Å². The highest BCUT2D eigenvalue weighted by Crippen LogP contribution is 2.37. The van der Waals surface area contributed by atoms with Crippen molar-refractivity contribution in [2.45, 2.75) is 0 Å². The van der Waals surface area contributed by atoms with E-state index in [-0.39, 0.29) is 0 Å². The first-order chi connectivity index (χ1) is 11.9. The monoisotopic (exact) mass is 308 g/mol. The molecule has 24 heavy (non-hydrogen) atoms. The summed E-state index contributed by atoms with van der Waals surface area (Å²) in [6.45, 7) is 0. The van der Waals surface area contributed by atoms with Crippen LogP contribution < -0.4 is 0 Å². The Morgan fingerprint density at radius 1 is 0.583 bits per heavy atom. The minimum atomic E-state index is 0.720. The maximum absolute atomic E-state index is 11.7. The number of hydrogen-bond acceptors (Lipinski definition) is 1. The van der Waals surface area contributed by atoms with Gasteiger partial charge in [0.2, 0.25) is 0 Å². The van der Waals surface area contributed by atoms with Crippen molar-refractivity contribution in [1.82, 2.24) is 0 Å². The molecule has 4 rings (SSSR count). The van der Waals surface area contributed by atoms with E-state index in [4.69, 9.17) is 0 Å². The standard InChI is InChI=1S/C23H16O/c24-16-19-15-14-18-10-4-5-12-21(18)23(19)22-13-7-6-11-20(22)17-8-2-1-3-9-17/h1-16H. The van der Waals surface area contributed by atoms with Gasteiger partial charge in [-0.3, -0.25) is 4.79 Å². The van der Waals surface area contributed by atoms with E-state index in [9.17, 15) is 4.79 Å². The van der Waals surface area contributed by atoms with Gasteiger partial charge in [-0.25, -0.2) is 0 Å². The Balaban J connectivity index is 2.08. The van der Waals surface area contributed by atoms with E-state index < -0.39 is 0 Å². The Labute approximate surface area is 141 Å². The Hall–Kier alpha value is -3.19. The van der Waals surface area contributed by atoms with Gasteiger partial charge >= 0.3 is 0 Å². The zero-order valence-electron chi connectivity index (χ0n) is 13.1. The molecule has 0 spiro atoms. The minimum Gasteiger partial charge on any atom is -0.298 e. The van der Waals surface area contributed by atoms with Gasteiger partial charge in [-0.05, 0) is 27.5 Å². The van der Waals surface area contributed by atoms with Crippen LogP contribution in [0, 0.1) is 0 Å². The summed E-state index contributed by atoms with van der Waals surface area (Å²) in [4.78, 5) is 11.7. The van der Waals surface area contributed by atoms with Gasteiger partial charge < -0.3 is 0 Å². The number of carbonyl (C=O) groups is 1. The highest BCUT2D eigenvalue weighted by molar-refractivity contribution is 6.07. The molecule has 4 aromatic carbocycles. The average Bonchev–Trinajstić information content (AvgIpc) is 2.68. The van der Waals surface area contributed by atoms with E-state index in [0.29, 0.717) is 0 Å². The highest BCUT2D eigenvalue weighted by Gasteiger charge is 2.13. The summed E-state index contributed by atoms with van der Waals surface area (Å²) >= 11 is 0. The lowest BCUT2D eigenvalue weighted by molar-refractivity contribution is 0.112. The highest BCUT2D eigenvalue weighted by atomic mass is 16.1. The van der Waals surface area contributed by atoms with Crippen LogP contribution in [0.25, 0.3) is 33.0 Å². The zero-order valence-corrected chi connectivity index (χ0v) is 13.1. The molecule has 0 N–H and O–H groups in total. The predicted molar refractivity (Wildman–Crippen MR) is 100 cm³/mol. The number of fused-ring (bicyclic) bond motifs is 1. The summed E-state index contributed by atoms with van der Waals surface area (Å²) < 4.78 is 0. The first-order valence-corrected chi connectivity index (χ1v) is 8.00. The summed E-state index contributed by atoms with van der Waals surface area (Å²) in [6, 6.07) is 30.7. The molecule has 0 aliphatic carbocycles. The van der Waals surface area contributed by atoms with Crippen molar-refractivity contribution < 1.29 is 4.79 Å². The number of carbonyl (C=O) groups excluding carboxylic acids is 1. The van der Waals surface area contributed by atoms with Crippen molar-refractivity contribution >= 4 is 17.1 Å². The lowest BCUT2D eigenvalue weighted by Crippen LogP contribution is -1.92. The molecule has 0 aliphatic rings. The number of hydrogen-bond donors (Lipinski definition) is 0. The van der Waals surface area contributed by atoms with Gasteiger partial charge in [0, 0.05) is 11.1 Å². The fourth-order valence-corrected chi connectivity index (χ4v) is 3.26. The third-order valence-electron chi connectivity index (χ3n) is 4.37. The molecular formula is C23H16O. The lowest BCUT2D eigenvalue weighted by atomic mass is 9.88. The topological polar surface area (TPSA) is 17.1 Å². The number of aldehydes is 1. The Morgan fingerprint density at radius 2 is 1.25 bits per heavy atom. The van der Waals surface area contributed by atoms with E-state index in [2.05, 4.69) is 36.4 Å². The van der Waals surface area contributed by atoms with E-state index in [1.54, 1.807) is 0 Å². The van der Waals surface area contributed by atoms with Crippen LogP contribution in [0.4, 0.5) is 0 Å². The average molecular weight is 308 g/mol. The molecule has 0 radical (unpaired) electrons. The zero-order chi connectivity index (χ0) is 16.4. The summed E-state index contributed by atoms with van der Waals surface area (Å²) in [5.41, 5.74) is 5.10. The molecule has 0 heterocycles. The molecule has 0 unspecified atom stereocenters. The Morgan fingerprint density at radius 3 is 2.04 bits per heavy atom. The molecule has 0 aliphatic heterocycles. The van der Waals surface area contributed by atoms with Crippen LogP contribution in [0.1, 0.15) is 10.4 Å². The van der Waals surface area contributed by atoms with Crippen LogP contribution >= 0.6 is 0 Å². The fraction of sp³-hybridized carbons (Fsp3) is 0. The molecule has 0 atom stereocenters. The molecule has 1 nitrogen and oxygen atoms in total. The molecular weight excluding hydrogens is 292 g/mol. The van der Waals surface area contributed by atoms with Crippen LogP contribution in [-0.4, -0.2) is 6.29 Å². The molecule has 0 bridgehead atoms. The number of benzene rings is 4. The van der Waals surface area contributed by atoms with Gasteiger partial charge in [0.15, 0.2) is 6.29 Å². The number of rotatable bonds is 3. The predicted octanol–water partition coefficient (Wildman–Crippen LogP) is 5.99. The third kappa shape index (κ3) is 2.40. The van der Waals surface area contributed by atoms with Crippen molar-refractivity contribution in [3.05, 3.63) is 96.6 Å². The second kappa shape index (κ2) is 6.13. The Kier molecular flexibility index (Phi) is 3.68. The molecule has 4 aromatic rings. The van der Waals surface area contributed by atoms with Gasteiger partial charge in [-0.2, -0.15) is 0 Å². The van der Waals surface area contributed by atoms with E-state index in [1.807, 2.05) is 54.6 Å². The van der Waals surface area contributed by atoms with Crippen LogP contribution in [0.5, 0.6) is 0 Å². The molecule has 0 saturated carbocycles. The first kappa shape index (κ1) is 14.4. The van der Waals surface area contributed by atoms with Crippen molar-refractivity contribution in [3.63, 3.8) is 0 Å².